The number of fused-ring (bicyclic) bond motifs is 2. The molecule has 0 spiro atoms. The summed E-state index contributed by atoms with van der Waals surface area (Å²) >= 11 is 0. The Morgan fingerprint density at radius 1 is 1.14 bits per heavy atom. The van der Waals surface area contributed by atoms with Gasteiger partial charge in [0.25, 0.3) is 0 Å². The molecule has 2 aromatic rings. The molecule has 112 valence electrons. The number of carbonyl (C=O) groups is 1. The van der Waals surface area contributed by atoms with E-state index >= 15 is 0 Å². The Morgan fingerprint density at radius 3 is 2.68 bits per heavy atom. The Bertz CT molecular complexity index is 725. The van der Waals surface area contributed by atoms with Crippen LogP contribution in [-0.2, 0) is 9.53 Å². The smallest absolute Gasteiger partial charge is 0.327 e. The number of anilines is 1. The Kier molecular flexibility index (Phi) is 4.05. The first-order valence-electron chi connectivity index (χ1n) is 7.11. The number of esters is 1. The highest BCUT2D eigenvalue weighted by Gasteiger charge is 2.18. The van der Waals surface area contributed by atoms with Gasteiger partial charge in [0.1, 0.15) is 18.1 Å². The lowest BCUT2D eigenvalue weighted by Crippen LogP contribution is -2.16. The summed E-state index contributed by atoms with van der Waals surface area (Å²) in [7, 11) is 0. The van der Waals surface area contributed by atoms with Crippen LogP contribution in [0.25, 0.3) is 0 Å². The van der Waals surface area contributed by atoms with Crippen molar-refractivity contribution in [1.29, 1.82) is 0 Å². The molecule has 22 heavy (non-hydrogen) atoms. The van der Waals surface area contributed by atoms with Crippen molar-refractivity contribution in [3.05, 3.63) is 54.1 Å². The van der Waals surface area contributed by atoms with Crippen molar-refractivity contribution in [2.75, 3.05) is 18.5 Å². The fourth-order valence-electron chi connectivity index (χ4n) is 2.20. The van der Waals surface area contributed by atoms with Gasteiger partial charge in [0.2, 0.25) is 0 Å². The molecule has 0 unspecified atom stereocenters. The Balaban J connectivity index is 1.98. The summed E-state index contributed by atoms with van der Waals surface area (Å²) < 4.78 is 10.8. The average molecular weight is 296 g/mol. The monoisotopic (exact) mass is 296 g/mol. The first-order chi connectivity index (χ1) is 10.8. The van der Waals surface area contributed by atoms with Crippen LogP contribution in [0.3, 0.4) is 0 Å². The summed E-state index contributed by atoms with van der Waals surface area (Å²) in [5, 5.41) is 3.23. The molecule has 0 saturated carbocycles. The number of aliphatic imine (C=N–C) groups is 1. The number of para-hydroxylation sites is 3. The van der Waals surface area contributed by atoms with E-state index in [9.17, 15) is 4.79 Å². The Morgan fingerprint density at radius 2 is 1.86 bits per heavy atom. The van der Waals surface area contributed by atoms with Crippen LogP contribution in [0.15, 0.2) is 53.5 Å². The van der Waals surface area contributed by atoms with E-state index in [1.54, 1.807) is 6.92 Å². The second-order valence-electron chi connectivity index (χ2n) is 4.69. The molecule has 5 heteroatoms. The zero-order valence-electron chi connectivity index (χ0n) is 12.2. The van der Waals surface area contributed by atoms with Gasteiger partial charge >= 0.3 is 5.97 Å². The number of hydrogen-bond acceptors (Lipinski definition) is 4. The fourth-order valence-corrected chi connectivity index (χ4v) is 2.20. The van der Waals surface area contributed by atoms with Crippen molar-refractivity contribution in [3.8, 4) is 11.5 Å². The highest BCUT2D eigenvalue weighted by Crippen LogP contribution is 2.35. The van der Waals surface area contributed by atoms with Crippen molar-refractivity contribution < 1.29 is 14.3 Å². The van der Waals surface area contributed by atoms with Crippen molar-refractivity contribution in [3.63, 3.8) is 0 Å². The van der Waals surface area contributed by atoms with Gasteiger partial charge in [-0.1, -0.05) is 24.3 Å². The summed E-state index contributed by atoms with van der Waals surface area (Å²) in [6.07, 6.45) is 0. The van der Waals surface area contributed by atoms with Crippen LogP contribution in [-0.4, -0.2) is 25.0 Å². The fraction of sp³-hybridized carbons (Fsp3) is 0.176. The summed E-state index contributed by atoms with van der Waals surface area (Å²) in [4.78, 5) is 15.9. The number of nitrogens with one attached hydrogen (secondary N) is 1. The molecule has 0 fully saturated rings. The molecule has 2 aromatic carbocycles. The third-order valence-corrected chi connectivity index (χ3v) is 3.17. The first kappa shape index (κ1) is 14.1. The molecule has 5 nitrogen and oxygen atoms in total. The van der Waals surface area contributed by atoms with Crippen molar-refractivity contribution in [1.82, 2.24) is 0 Å². The summed E-state index contributed by atoms with van der Waals surface area (Å²) in [5.41, 5.74) is 1.62. The van der Waals surface area contributed by atoms with Gasteiger partial charge in [-0.05, 0) is 31.2 Å². The maximum atomic E-state index is 11.5. The van der Waals surface area contributed by atoms with Gasteiger partial charge in [-0.15, -0.1) is 0 Å². The molecule has 0 aliphatic carbocycles. The lowest BCUT2D eigenvalue weighted by atomic mass is 10.2. The summed E-state index contributed by atoms with van der Waals surface area (Å²) in [6, 6.07) is 15.2. The molecule has 0 atom stereocenters. The zero-order chi connectivity index (χ0) is 15.4. The summed E-state index contributed by atoms with van der Waals surface area (Å²) in [5.74, 6) is 1.65. The average Bonchev–Trinajstić information content (AvgIpc) is 2.69. The zero-order valence-corrected chi connectivity index (χ0v) is 12.2. The molecule has 0 saturated heterocycles. The van der Waals surface area contributed by atoms with E-state index in [0.29, 0.717) is 18.2 Å². The minimum absolute atomic E-state index is 0.0350. The molecule has 0 aromatic heterocycles. The van der Waals surface area contributed by atoms with E-state index in [1.807, 2.05) is 48.5 Å². The van der Waals surface area contributed by atoms with Crippen LogP contribution in [0.4, 0.5) is 5.69 Å². The Hall–Kier alpha value is -2.82. The minimum atomic E-state index is -0.354. The molecular weight excluding hydrogens is 280 g/mol. The van der Waals surface area contributed by atoms with Crippen molar-refractivity contribution >= 4 is 17.5 Å². The van der Waals surface area contributed by atoms with Gasteiger partial charge in [-0.3, -0.25) is 9.79 Å². The van der Waals surface area contributed by atoms with E-state index in [-0.39, 0.29) is 12.5 Å². The van der Waals surface area contributed by atoms with Gasteiger partial charge in [-0.2, -0.15) is 0 Å². The van der Waals surface area contributed by atoms with Gasteiger partial charge in [0.05, 0.1) is 17.9 Å². The topological polar surface area (TPSA) is 59.9 Å². The van der Waals surface area contributed by atoms with Crippen molar-refractivity contribution in [2.45, 2.75) is 6.92 Å². The van der Waals surface area contributed by atoms with E-state index in [1.165, 1.54) is 0 Å². The normalized spacial score (nSPS) is 14.1. The SMILES string of the molecule is CCOC(=O)CN=C1Nc2ccccc2Oc2ccccc21. The number of ether oxygens (including phenoxy) is 2. The maximum Gasteiger partial charge on any atom is 0.327 e. The predicted molar refractivity (Wildman–Crippen MR) is 84.6 cm³/mol. The molecule has 1 N–H and O–H groups in total. The molecule has 0 bridgehead atoms. The lowest BCUT2D eigenvalue weighted by Gasteiger charge is -2.08. The van der Waals surface area contributed by atoms with E-state index < -0.39 is 0 Å². The number of amidine groups is 1. The first-order valence-corrected chi connectivity index (χ1v) is 7.11. The van der Waals surface area contributed by atoms with E-state index in [0.717, 1.165) is 17.0 Å². The minimum Gasteiger partial charge on any atom is -0.465 e. The van der Waals surface area contributed by atoms with Crippen LogP contribution in [0, 0.1) is 0 Å². The molecular formula is C17H16N2O3. The molecule has 1 heterocycles. The van der Waals surface area contributed by atoms with Crippen LogP contribution >= 0.6 is 0 Å². The molecule has 1 aliphatic rings. The third-order valence-electron chi connectivity index (χ3n) is 3.17. The summed E-state index contributed by atoms with van der Waals surface area (Å²) in [6.45, 7) is 2.08. The number of hydrogen-bond donors (Lipinski definition) is 1. The second-order valence-corrected chi connectivity index (χ2v) is 4.69. The molecule has 3 rings (SSSR count). The van der Waals surface area contributed by atoms with Gasteiger partial charge in [0, 0.05) is 0 Å². The lowest BCUT2D eigenvalue weighted by molar-refractivity contribution is -0.141. The van der Waals surface area contributed by atoms with Crippen molar-refractivity contribution in [2.24, 2.45) is 4.99 Å². The number of nitrogens with zero attached hydrogens (tertiary/aromatic N) is 1. The predicted octanol–water partition coefficient (Wildman–Crippen LogP) is 3.21. The quantitative estimate of drug-likeness (QED) is 0.884. The molecule has 1 aliphatic heterocycles. The largest absolute Gasteiger partial charge is 0.465 e. The van der Waals surface area contributed by atoms with Crippen LogP contribution in [0.2, 0.25) is 0 Å². The highest BCUT2D eigenvalue weighted by molar-refractivity contribution is 6.11. The van der Waals surface area contributed by atoms with Crippen LogP contribution in [0.5, 0.6) is 11.5 Å². The van der Waals surface area contributed by atoms with Crippen LogP contribution < -0.4 is 10.1 Å². The van der Waals surface area contributed by atoms with Gasteiger partial charge in [-0.25, -0.2) is 0 Å². The van der Waals surface area contributed by atoms with Gasteiger partial charge < -0.3 is 14.8 Å². The van der Waals surface area contributed by atoms with E-state index in [2.05, 4.69) is 10.3 Å². The molecule has 0 radical (unpaired) electrons. The number of rotatable bonds is 3. The van der Waals surface area contributed by atoms with Crippen LogP contribution in [0.1, 0.15) is 12.5 Å². The second kappa shape index (κ2) is 6.30. The standard InChI is InChI=1S/C17H16N2O3/c1-2-21-16(20)11-18-17-12-7-3-5-9-14(12)22-15-10-6-4-8-13(15)19-17/h3-10H,2,11H2,1H3,(H,18,19). The number of benzene rings is 2. The van der Waals surface area contributed by atoms with E-state index in [4.69, 9.17) is 9.47 Å². The number of carbonyl (C=O) groups excluding carboxylic acids is 1. The van der Waals surface area contributed by atoms with Gasteiger partial charge in [0.15, 0.2) is 5.75 Å². The maximum absolute atomic E-state index is 11.5. The molecule has 0 amide bonds. The Labute approximate surface area is 128 Å². The third kappa shape index (κ3) is 2.93. The highest BCUT2D eigenvalue weighted by atomic mass is 16.5.